The Kier molecular flexibility index (Phi) is 4.77. The first-order valence-electron chi connectivity index (χ1n) is 8.33. The van der Waals surface area contributed by atoms with Crippen LogP contribution >= 0.6 is 11.6 Å². The molecule has 1 amide bonds. The Morgan fingerprint density at radius 2 is 1.92 bits per heavy atom. The number of aryl methyl sites for hydroxylation is 2. The summed E-state index contributed by atoms with van der Waals surface area (Å²) in [6, 6.07) is 9.29. The Morgan fingerprint density at radius 1 is 1.24 bits per heavy atom. The molecule has 3 aromatic rings. The summed E-state index contributed by atoms with van der Waals surface area (Å²) in [7, 11) is 0. The van der Waals surface area contributed by atoms with Gasteiger partial charge in [-0.3, -0.25) is 15.1 Å². The fraction of sp³-hybridized carbons (Fsp3) is 0.316. The van der Waals surface area contributed by atoms with E-state index in [0.717, 1.165) is 28.8 Å². The number of pyridine rings is 1. The van der Waals surface area contributed by atoms with Crippen LogP contribution in [0.3, 0.4) is 0 Å². The summed E-state index contributed by atoms with van der Waals surface area (Å²) in [6.45, 7) is 7.92. The second-order valence-corrected chi connectivity index (χ2v) is 6.67. The van der Waals surface area contributed by atoms with E-state index < -0.39 is 0 Å². The number of nitrogens with zero attached hydrogens (tertiary/aromatic N) is 3. The van der Waals surface area contributed by atoms with E-state index in [2.05, 4.69) is 29.1 Å². The monoisotopic (exact) mass is 356 g/mol. The molecule has 130 valence electrons. The topological polar surface area (TPSA) is 59.8 Å². The van der Waals surface area contributed by atoms with Gasteiger partial charge in [0.25, 0.3) is 5.91 Å². The molecule has 0 radical (unpaired) electrons. The van der Waals surface area contributed by atoms with Crippen LogP contribution in [0.4, 0.5) is 5.95 Å². The maximum Gasteiger partial charge on any atom is 0.258 e. The average Bonchev–Trinajstić information content (AvgIpc) is 2.92. The van der Waals surface area contributed by atoms with Crippen LogP contribution in [0, 0.1) is 13.8 Å². The average molecular weight is 357 g/mol. The van der Waals surface area contributed by atoms with Gasteiger partial charge in [-0.05, 0) is 51.5 Å². The van der Waals surface area contributed by atoms with Gasteiger partial charge in [-0.25, -0.2) is 4.98 Å². The highest BCUT2D eigenvalue weighted by molar-refractivity contribution is 6.35. The lowest BCUT2D eigenvalue weighted by Gasteiger charge is -2.16. The van der Waals surface area contributed by atoms with Crippen molar-refractivity contribution in [2.24, 2.45) is 0 Å². The number of nitrogens with one attached hydrogen (secondary N) is 1. The Morgan fingerprint density at radius 3 is 2.56 bits per heavy atom. The molecule has 5 nitrogen and oxygen atoms in total. The third-order valence-electron chi connectivity index (χ3n) is 4.26. The molecule has 3 rings (SSSR count). The number of benzene rings is 1. The Bertz CT molecular complexity index is 928. The number of para-hydroxylation sites is 1. The largest absolute Gasteiger partial charge is 0.306 e. The van der Waals surface area contributed by atoms with E-state index in [4.69, 9.17) is 11.6 Å². The van der Waals surface area contributed by atoms with E-state index in [1.165, 1.54) is 0 Å². The maximum absolute atomic E-state index is 12.7. The van der Waals surface area contributed by atoms with Crippen LogP contribution < -0.4 is 5.32 Å². The smallest absolute Gasteiger partial charge is 0.258 e. The van der Waals surface area contributed by atoms with Gasteiger partial charge in [0.2, 0.25) is 5.95 Å². The van der Waals surface area contributed by atoms with E-state index in [-0.39, 0.29) is 11.9 Å². The van der Waals surface area contributed by atoms with Gasteiger partial charge in [0.05, 0.1) is 16.1 Å². The van der Waals surface area contributed by atoms with Crippen LogP contribution in [0.5, 0.6) is 0 Å². The summed E-state index contributed by atoms with van der Waals surface area (Å²) in [6.07, 6.45) is 0.896. The summed E-state index contributed by atoms with van der Waals surface area (Å²) in [5.41, 5.74) is 3.80. The minimum Gasteiger partial charge on any atom is -0.306 e. The second kappa shape index (κ2) is 6.84. The molecule has 0 aliphatic rings. The molecule has 0 saturated heterocycles. The summed E-state index contributed by atoms with van der Waals surface area (Å²) in [5.74, 6) is 0.305. The Balaban J connectivity index is 2.06. The number of rotatable bonds is 4. The first kappa shape index (κ1) is 17.4. The Hall–Kier alpha value is -2.40. The van der Waals surface area contributed by atoms with Crippen molar-refractivity contribution in [2.45, 2.75) is 40.2 Å². The first-order chi connectivity index (χ1) is 11.9. The predicted molar refractivity (Wildman–Crippen MR) is 101 cm³/mol. The molecule has 0 saturated carbocycles. The van der Waals surface area contributed by atoms with Crippen LogP contribution in [0.2, 0.25) is 5.02 Å². The molecule has 1 unspecified atom stereocenters. The SMILES string of the molecule is CCC(C)n1c(NC(=O)c2cc(C)nc(C)c2)nc2cccc(Cl)c21. The molecule has 2 heterocycles. The molecule has 25 heavy (non-hydrogen) atoms. The zero-order chi connectivity index (χ0) is 18.1. The van der Waals surface area contributed by atoms with Crippen molar-refractivity contribution in [1.82, 2.24) is 14.5 Å². The van der Waals surface area contributed by atoms with Crippen molar-refractivity contribution in [3.8, 4) is 0 Å². The molecule has 0 aliphatic carbocycles. The molecular formula is C19H21ClN4O. The number of halogens is 1. The maximum atomic E-state index is 12.7. The molecule has 0 aliphatic heterocycles. The summed E-state index contributed by atoms with van der Waals surface area (Å²) in [4.78, 5) is 21.6. The minimum absolute atomic E-state index is 0.154. The predicted octanol–water partition coefficient (Wildman–Crippen LogP) is 4.92. The standard InChI is InChI=1S/C19H21ClN4O/c1-5-13(4)24-17-15(20)7-6-8-16(17)22-19(24)23-18(25)14-9-11(2)21-12(3)10-14/h6-10,13H,5H2,1-4H3,(H,22,23,25). The van der Waals surface area contributed by atoms with Crippen LogP contribution in [-0.2, 0) is 0 Å². The number of hydrogen-bond donors (Lipinski definition) is 1. The van der Waals surface area contributed by atoms with Gasteiger partial charge in [0, 0.05) is 23.0 Å². The van der Waals surface area contributed by atoms with Gasteiger partial charge in [-0.2, -0.15) is 0 Å². The van der Waals surface area contributed by atoms with Crippen molar-refractivity contribution in [3.63, 3.8) is 0 Å². The molecular weight excluding hydrogens is 336 g/mol. The van der Waals surface area contributed by atoms with Crippen LogP contribution in [0.25, 0.3) is 11.0 Å². The molecule has 0 fully saturated rings. The van der Waals surface area contributed by atoms with Crippen molar-refractivity contribution in [3.05, 3.63) is 52.3 Å². The number of hydrogen-bond acceptors (Lipinski definition) is 3. The van der Waals surface area contributed by atoms with Gasteiger partial charge >= 0.3 is 0 Å². The molecule has 1 aromatic carbocycles. The molecule has 0 spiro atoms. The second-order valence-electron chi connectivity index (χ2n) is 6.26. The van der Waals surface area contributed by atoms with E-state index in [0.29, 0.717) is 16.5 Å². The number of carbonyl (C=O) groups excluding carboxylic acids is 1. The molecule has 6 heteroatoms. The number of anilines is 1. The first-order valence-corrected chi connectivity index (χ1v) is 8.71. The van der Waals surface area contributed by atoms with E-state index in [1.54, 1.807) is 12.1 Å². The third kappa shape index (κ3) is 3.37. The Labute approximate surface area is 152 Å². The van der Waals surface area contributed by atoms with Crippen molar-refractivity contribution < 1.29 is 4.79 Å². The number of aromatic nitrogens is 3. The van der Waals surface area contributed by atoms with Gasteiger partial charge in [-0.1, -0.05) is 24.6 Å². The highest BCUT2D eigenvalue weighted by Crippen LogP contribution is 2.31. The minimum atomic E-state index is -0.204. The fourth-order valence-corrected chi connectivity index (χ4v) is 3.21. The van der Waals surface area contributed by atoms with Crippen molar-refractivity contribution in [1.29, 1.82) is 0 Å². The van der Waals surface area contributed by atoms with Crippen molar-refractivity contribution >= 4 is 34.5 Å². The zero-order valence-electron chi connectivity index (χ0n) is 14.8. The van der Waals surface area contributed by atoms with E-state index in [9.17, 15) is 4.79 Å². The van der Waals surface area contributed by atoms with Gasteiger partial charge in [0.15, 0.2) is 0 Å². The zero-order valence-corrected chi connectivity index (χ0v) is 15.6. The highest BCUT2D eigenvalue weighted by atomic mass is 35.5. The number of carbonyl (C=O) groups is 1. The van der Waals surface area contributed by atoms with E-state index >= 15 is 0 Å². The van der Waals surface area contributed by atoms with Crippen molar-refractivity contribution in [2.75, 3.05) is 5.32 Å². The summed E-state index contributed by atoms with van der Waals surface area (Å²) >= 11 is 6.39. The summed E-state index contributed by atoms with van der Waals surface area (Å²) in [5, 5.41) is 3.57. The number of imidazole rings is 1. The lowest BCUT2D eigenvalue weighted by atomic mass is 10.2. The quantitative estimate of drug-likeness (QED) is 0.721. The van der Waals surface area contributed by atoms with Crippen LogP contribution in [0.15, 0.2) is 30.3 Å². The lowest BCUT2D eigenvalue weighted by molar-refractivity contribution is 0.102. The van der Waals surface area contributed by atoms with Gasteiger partial charge in [-0.15, -0.1) is 0 Å². The van der Waals surface area contributed by atoms with Crippen LogP contribution in [0.1, 0.15) is 48.1 Å². The highest BCUT2D eigenvalue weighted by Gasteiger charge is 2.19. The summed E-state index contributed by atoms with van der Waals surface area (Å²) < 4.78 is 2.00. The molecule has 1 N–H and O–H groups in total. The third-order valence-corrected chi connectivity index (χ3v) is 4.57. The molecule has 1 atom stereocenters. The number of amides is 1. The molecule has 0 bridgehead atoms. The fourth-order valence-electron chi connectivity index (χ4n) is 2.95. The normalized spacial score (nSPS) is 12.4. The van der Waals surface area contributed by atoms with Gasteiger partial charge in [0.1, 0.15) is 0 Å². The van der Waals surface area contributed by atoms with E-state index in [1.807, 2.05) is 36.6 Å². The lowest BCUT2D eigenvalue weighted by Crippen LogP contribution is -2.18. The van der Waals surface area contributed by atoms with Gasteiger partial charge < -0.3 is 4.57 Å². The van der Waals surface area contributed by atoms with Crippen LogP contribution in [-0.4, -0.2) is 20.4 Å². The number of fused-ring (bicyclic) bond motifs is 1. The molecule has 2 aromatic heterocycles.